The Kier molecular flexibility index (Phi) is 5.59. The summed E-state index contributed by atoms with van der Waals surface area (Å²) in [6, 6.07) is 11.7. The number of pyridine rings is 1. The fraction of sp³-hybridized carbons (Fsp3) is 0.381. The lowest BCUT2D eigenvalue weighted by Gasteiger charge is -2.16. The van der Waals surface area contributed by atoms with Crippen molar-refractivity contribution < 1.29 is 4.79 Å². The smallest absolute Gasteiger partial charge is 0.222 e. The van der Waals surface area contributed by atoms with E-state index in [1.807, 2.05) is 39.9 Å². The van der Waals surface area contributed by atoms with Crippen molar-refractivity contribution >= 4 is 28.5 Å². The first kappa shape index (κ1) is 18.9. The lowest BCUT2D eigenvalue weighted by molar-refractivity contribution is -0.130. The van der Waals surface area contributed by atoms with Gasteiger partial charge in [0.05, 0.1) is 12.2 Å². The third kappa shape index (κ3) is 3.88. The number of carbonyl (C=O) groups excluding carboxylic acids is 1. The number of rotatable bonds is 6. The van der Waals surface area contributed by atoms with Crippen LogP contribution in [-0.2, 0) is 17.8 Å². The van der Waals surface area contributed by atoms with E-state index in [1.165, 1.54) is 0 Å². The summed E-state index contributed by atoms with van der Waals surface area (Å²) in [5.41, 5.74) is 8.71. The molecule has 0 bridgehead atoms. The number of amides is 1. The minimum absolute atomic E-state index is 0.186. The number of benzene rings is 1. The number of nitrogens with two attached hydrogens (primary N) is 1. The average molecular weight is 398 g/mol. The Labute approximate surface area is 169 Å². The highest BCUT2D eigenvalue weighted by molar-refractivity contribution is 6.30. The van der Waals surface area contributed by atoms with E-state index in [4.69, 9.17) is 22.4 Å². The molecule has 0 spiro atoms. The third-order valence-electron chi connectivity index (χ3n) is 5.32. The molecule has 1 aromatic carbocycles. The van der Waals surface area contributed by atoms with Crippen LogP contribution in [-0.4, -0.2) is 45.2 Å². The maximum atomic E-state index is 12.7. The fourth-order valence-corrected chi connectivity index (χ4v) is 4.14. The van der Waals surface area contributed by atoms with Gasteiger partial charge in [-0.3, -0.25) is 4.79 Å². The van der Waals surface area contributed by atoms with Crippen molar-refractivity contribution in [3.63, 3.8) is 0 Å². The van der Waals surface area contributed by atoms with Gasteiger partial charge in [0.2, 0.25) is 5.91 Å². The number of halogens is 1. The van der Waals surface area contributed by atoms with E-state index in [2.05, 4.69) is 11.1 Å². The topological polar surface area (TPSA) is 77.0 Å². The second kappa shape index (κ2) is 8.29. The Morgan fingerprint density at radius 3 is 3.00 bits per heavy atom. The molecule has 3 aromatic rings. The molecule has 1 amide bonds. The van der Waals surface area contributed by atoms with E-state index in [-0.39, 0.29) is 11.8 Å². The molecule has 1 fully saturated rings. The predicted octanol–water partition coefficient (Wildman–Crippen LogP) is 2.99. The largest absolute Gasteiger partial charge is 0.342 e. The van der Waals surface area contributed by atoms with Crippen molar-refractivity contribution in [1.29, 1.82) is 0 Å². The van der Waals surface area contributed by atoms with Gasteiger partial charge in [-0.1, -0.05) is 23.7 Å². The number of carbonyl (C=O) groups is 1. The summed E-state index contributed by atoms with van der Waals surface area (Å²) >= 11 is 6.03. The van der Waals surface area contributed by atoms with Gasteiger partial charge >= 0.3 is 0 Å². The summed E-state index contributed by atoms with van der Waals surface area (Å²) in [6.45, 7) is 2.64. The SMILES string of the molecule is NCCn1nc(C2CCN(C(=O)CCc3cccc(Cl)c3)C2)c2cccnc21. The van der Waals surface area contributed by atoms with Crippen LogP contribution in [0.15, 0.2) is 42.6 Å². The van der Waals surface area contributed by atoms with Gasteiger partial charge in [0, 0.05) is 48.6 Å². The maximum Gasteiger partial charge on any atom is 0.222 e. The van der Waals surface area contributed by atoms with E-state index >= 15 is 0 Å². The molecule has 2 aromatic heterocycles. The minimum Gasteiger partial charge on any atom is -0.342 e. The molecule has 1 aliphatic heterocycles. The molecule has 1 atom stereocenters. The second-order valence-corrected chi connectivity index (χ2v) is 7.66. The molecule has 6 nitrogen and oxygen atoms in total. The summed E-state index contributed by atoms with van der Waals surface area (Å²) in [5.74, 6) is 0.423. The predicted molar refractivity (Wildman–Crippen MR) is 110 cm³/mol. The number of aromatic nitrogens is 3. The number of aryl methyl sites for hydroxylation is 1. The standard InChI is InChI=1S/C21H24ClN5O/c22-17-4-1-3-15(13-17)6-7-19(28)26-11-8-16(14-26)20-18-5-2-10-24-21(18)27(25-20)12-9-23/h1-5,10,13,16H,6-9,11-12,14,23H2. The monoisotopic (exact) mass is 397 g/mol. The Balaban J connectivity index is 1.44. The van der Waals surface area contributed by atoms with Gasteiger partial charge in [0.15, 0.2) is 5.65 Å². The average Bonchev–Trinajstić information content (AvgIpc) is 3.32. The molecule has 4 rings (SSSR count). The quantitative estimate of drug-likeness (QED) is 0.693. The first-order valence-corrected chi connectivity index (χ1v) is 10.1. The fourth-order valence-electron chi connectivity index (χ4n) is 3.93. The Morgan fingerprint density at radius 1 is 1.29 bits per heavy atom. The van der Waals surface area contributed by atoms with Crippen LogP contribution in [0.1, 0.15) is 30.0 Å². The zero-order valence-corrected chi connectivity index (χ0v) is 16.5. The van der Waals surface area contributed by atoms with E-state index in [0.29, 0.717) is 37.5 Å². The maximum absolute atomic E-state index is 12.7. The van der Waals surface area contributed by atoms with Crippen LogP contribution < -0.4 is 5.73 Å². The number of hydrogen-bond donors (Lipinski definition) is 1. The zero-order chi connectivity index (χ0) is 19.5. The van der Waals surface area contributed by atoms with Crippen molar-refractivity contribution in [2.24, 2.45) is 5.73 Å². The van der Waals surface area contributed by atoms with Crippen molar-refractivity contribution in [3.8, 4) is 0 Å². The first-order chi connectivity index (χ1) is 13.7. The van der Waals surface area contributed by atoms with Gasteiger partial charge < -0.3 is 10.6 Å². The van der Waals surface area contributed by atoms with Crippen LogP contribution in [0.2, 0.25) is 5.02 Å². The molecule has 7 heteroatoms. The summed E-state index contributed by atoms with van der Waals surface area (Å²) in [6.07, 6.45) is 3.91. The van der Waals surface area contributed by atoms with Crippen molar-refractivity contribution in [2.75, 3.05) is 19.6 Å². The summed E-state index contributed by atoms with van der Waals surface area (Å²) in [5, 5.41) is 6.55. The molecule has 1 aliphatic rings. The molecule has 1 unspecified atom stereocenters. The Bertz CT molecular complexity index is 986. The molecule has 0 saturated carbocycles. The van der Waals surface area contributed by atoms with Crippen LogP contribution in [0.4, 0.5) is 0 Å². The van der Waals surface area contributed by atoms with Crippen molar-refractivity contribution in [3.05, 3.63) is 58.9 Å². The molecule has 146 valence electrons. The molecule has 28 heavy (non-hydrogen) atoms. The van der Waals surface area contributed by atoms with Crippen LogP contribution in [0.25, 0.3) is 11.0 Å². The lowest BCUT2D eigenvalue weighted by atomic mass is 10.0. The number of hydrogen-bond acceptors (Lipinski definition) is 4. The summed E-state index contributed by atoms with van der Waals surface area (Å²) in [4.78, 5) is 19.1. The van der Waals surface area contributed by atoms with E-state index in [0.717, 1.165) is 35.3 Å². The summed E-state index contributed by atoms with van der Waals surface area (Å²) < 4.78 is 1.88. The Morgan fingerprint density at radius 2 is 2.18 bits per heavy atom. The zero-order valence-electron chi connectivity index (χ0n) is 15.7. The van der Waals surface area contributed by atoms with Crippen LogP contribution in [0.5, 0.6) is 0 Å². The molecule has 0 aliphatic carbocycles. The molecule has 2 N–H and O–H groups in total. The van der Waals surface area contributed by atoms with Gasteiger partial charge in [0.25, 0.3) is 0 Å². The molecular weight excluding hydrogens is 374 g/mol. The van der Waals surface area contributed by atoms with Gasteiger partial charge in [-0.15, -0.1) is 0 Å². The van der Waals surface area contributed by atoms with E-state index in [1.54, 1.807) is 6.20 Å². The van der Waals surface area contributed by atoms with E-state index < -0.39 is 0 Å². The van der Waals surface area contributed by atoms with Crippen molar-refractivity contribution in [1.82, 2.24) is 19.7 Å². The number of fused-ring (bicyclic) bond motifs is 1. The highest BCUT2D eigenvalue weighted by atomic mass is 35.5. The number of nitrogens with zero attached hydrogens (tertiary/aromatic N) is 4. The molecule has 0 radical (unpaired) electrons. The van der Waals surface area contributed by atoms with Crippen LogP contribution in [0, 0.1) is 0 Å². The molecule has 3 heterocycles. The van der Waals surface area contributed by atoms with Gasteiger partial charge in [-0.05, 0) is 42.7 Å². The Hall–Kier alpha value is -2.44. The van der Waals surface area contributed by atoms with Crippen LogP contribution in [0.3, 0.4) is 0 Å². The minimum atomic E-state index is 0.186. The van der Waals surface area contributed by atoms with Crippen LogP contribution >= 0.6 is 11.6 Å². The first-order valence-electron chi connectivity index (χ1n) is 9.69. The highest BCUT2D eigenvalue weighted by Gasteiger charge is 2.30. The molecular formula is C21H24ClN5O. The molecule has 1 saturated heterocycles. The van der Waals surface area contributed by atoms with Gasteiger partial charge in [0.1, 0.15) is 0 Å². The van der Waals surface area contributed by atoms with Gasteiger partial charge in [-0.2, -0.15) is 5.10 Å². The van der Waals surface area contributed by atoms with Gasteiger partial charge in [-0.25, -0.2) is 9.67 Å². The number of likely N-dealkylation sites (tertiary alicyclic amines) is 1. The normalized spacial score (nSPS) is 16.8. The van der Waals surface area contributed by atoms with E-state index in [9.17, 15) is 4.79 Å². The second-order valence-electron chi connectivity index (χ2n) is 7.23. The lowest BCUT2D eigenvalue weighted by Crippen LogP contribution is -2.28. The third-order valence-corrected chi connectivity index (χ3v) is 5.56. The summed E-state index contributed by atoms with van der Waals surface area (Å²) in [7, 11) is 0. The highest BCUT2D eigenvalue weighted by Crippen LogP contribution is 2.31. The van der Waals surface area contributed by atoms with Crippen molar-refractivity contribution in [2.45, 2.75) is 31.7 Å².